The largest absolute Gasteiger partial charge is 0.322 e. The molecule has 5 heteroatoms. The summed E-state index contributed by atoms with van der Waals surface area (Å²) >= 11 is 12.5. The van der Waals surface area contributed by atoms with Gasteiger partial charge in [-0.15, -0.1) is 0 Å². The molecule has 0 spiro atoms. The highest BCUT2D eigenvalue weighted by atomic mass is 79.9. The molecular weight excluding hydrogens is 381 g/mol. The number of amides is 1. The van der Waals surface area contributed by atoms with Gasteiger partial charge in [-0.25, -0.2) is 0 Å². The van der Waals surface area contributed by atoms with E-state index in [0.29, 0.717) is 15.1 Å². The van der Waals surface area contributed by atoms with Crippen LogP contribution < -0.4 is 5.32 Å². The van der Waals surface area contributed by atoms with E-state index in [-0.39, 0.29) is 5.91 Å². The lowest BCUT2D eigenvalue weighted by Crippen LogP contribution is -2.11. The lowest BCUT2D eigenvalue weighted by Gasteiger charge is -2.06. The minimum Gasteiger partial charge on any atom is -0.322 e. The Balaban J connectivity index is 2.19. The van der Waals surface area contributed by atoms with Crippen LogP contribution in [0.25, 0.3) is 0 Å². The van der Waals surface area contributed by atoms with Crippen LogP contribution >= 0.6 is 43.5 Å². The molecule has 0 saturated carbocycles. The van der Waals surface area contributed by atoms with Gasteiger partial charge in [0.05, 0.1) is 5.02 Å². The molecule has 0 unspecified atom stereocenters. The number of hydrogen-bond donors (Lipinski definition) is 1. The van der Waals surface area contributed by atoms with E-state index in [0.717, 1.165) is 10.2 Å². The molecule has 0 bridgehead atoms. The number of nitrogens with one attached hydrogen (secondary N) is 1. The smallest absolute Gasteiger partial charge is 0.255 e. The average Bonchev–Trinajstić information content (AvgIpc) is 2.32. The van der Waals surface area contributed by atoms with Crippen LogP contribution in [0.15, 0.2) is 51.4 Å². The van der Waals surface area contributed by atoms with Gasteiger partial charge in [0, 0.05) is 20.2 Å². The summed E-state index contributed by atoms with van der Waals surface area (Å²) in [5.74, 6) is -0.175. The Hall–Kier alpha value is -0.840. The third-order valence-electron chi connectivity index (χ3n) is 2.26. The summed E-state index contributed by atoms with van der Waals surface area (Å²) in [5, 5.41) is 3.39. The van der Waals surface area contributed by atoms with Crippen molar-refractivity contribution < 1.29 is 4.79 Å². The fraction of sp³-hybridized carbons (Fsp3) is 0. The van der Waals surface area contributed by atoms with Gasteiger partial charge < -0.3 is 5.32 Å². The summed E-state index contributed by atoms with van der Waals surface area (Å²) < 4.78 is 1.61. The Morgan fingerprint density at radius 3 is 2.56 bits per heavy atom. The topological polar surface area (TPSA) is 29.1 Å². The zero-order chi connectivity index (χ0) is 13.1. The molecule has 0 atom stereocenters. The van der Waals surface area contributed by atoms with E-state index in [1.807, 2.05) is 24.3 Å². The van der Waals surface area contributed by atoms with Gasteiger partial charge in [-0.3, -0.25) is 4.79 Å². The van der Waals surface area contributed by atoms with Crippen molar-refractivity contribution in [2.45, 2.75) is 0 Å². The van der Waals surface area contributed by atoms with Crippen molar-refractivity contribution in [2.24, 2.45) is 0 Å². The molecule has 2 aromatic rings. The SMILES string of the molecule is O=C(Nc1cccc(Br)c1)c1ccc(Cl)c(Br)c1. The Morgan fingerprint density at radius 1 is 1.11 bits per heavy atom. The molecular formula is C13H8Br2ClNO. The highest BCUT2D eigenvalue weighted by Gasteiger charge is 2.08. The monoisotopic (exact) mass is 387 g/mol. The lowest BCUT2D eigenvalue weighted by atomic mass is 10.2. The molecule has 0 fully saturated rings. The fourth-order valence-corrected chi connectivity index (χ4v) is 2.30. The van der Waals surface area contributed by atoms with Crippen molar-refractivity contribution in [3.05, 3.63) is 62.0 Å². The molecule has 0 radical (unpaired) electrons. The predicted molar refractivity (Wildman–Crippen MR) is 81.2 cm³/mol. The van der Waals surface area contributed by atoms with E-state index in [1.54, 1.807) is 18.2 Å². The average molecular weight is 389 g/mol. The molecule has 1 amide bonds. The molecule has 0 saturated heterocycles. The first kappa shape index (κ1) is 13.6. The number of hydrogen-bond acceptors (Lipinski definition) is 1. The summed E-state index contributed by atoms with van der Waals surface area (Å²) in [7, 11) is 0. The number of carbonyl (C=O) groups is 1. The molecule has 0 aliphatic rings. The molecule has 92 valence electrons. The minimum atomic E-state index is -0.175. The van der Waals surface area contributed by atoms with Crippen molar-refractivity contribution in [1.82, 2.24) is 0 Å². The van der Waals surface area contributed by atoms with E-state index in [1.165, 1.54) is 0 Å². The van der Waals surface area contributed by atoms with Crippen LogP contribution in [0, 0.1) is 0 Å². The van der Waals surface area contributed by atoms with Crippen molar-refractivity contribution in [2.75, 3.05) is 5.32 Å². The standard InChI is InChI=1S/C13H8Br2ClNO/c14-9-2-1-3-10(7-9)17-13(18)8-4-5-12(16)11(15)6-8/h1-7H,(H,17,18). The van der Waals surface area contributed by atoms with Crippen molar-refractivity contribution >= 4 is 55.1 Å². The first-order valence-corrected chi connectivity index (χ1v) is 7.04. The third kappa shape index (κ3) is 3.34. The molecule has 1 N–H and O–H groups in total. The quantitative estimate of drug-likeness (QED) is 0.759. The van der Waals surface area contributed by atoms with Crippen molar-refractivity contribution in [3.8, 4) is 0 Å². The second kappa shape index (κ2) is 5.87. The van der Waals surface area contributed by atoms with E-state index in [2.05, 4.69) is 37.2 Å². The van der Waals surface area contributed by atoms with Gasteiger partial charge in [0.25, 0.3) is 5.91 Å². The maximum Gasteiger partial charge on any atom is 0.255 e. The summed E-state index contributed by atoms with van der Waals surface area (Å²) in [5.41, 5.74) is 1.28. The number of halogens is 3. The number of benzene rings is 2. The molecule has 2 nitrogen and oxygen atoms in total. The Morgan fingerprint density at radius 2 is 1.89 bits per heavy atom. The Labute approximate surface area is 127 Å². The van der Waals surface area contributed by atoms with Crippen LogP contribution in [0.1, 0.15) is 10.4 Å². The molecule has 0 aliphatic carbocycles. The first-order valence-electron chi connectivity index (χ1n) is 5.08. The summed E-state index contributed by atoms with van der Waals surface area (Å²) in [6.45, 7) is 0. The molecule has 2 aromatic carbocycles. The van der Waals surface area contributed by atoms with E-state index in [9.17, 15) is 4.79 Å². The number of carbonyl (C=O) groups excluding carboxylic acids is 1. The van der Waals surface area contributed by atoms with Crippen LogP contribution in [-0.2, 0) is 0 Å². The molecule has 0 heterocycles. The van der Waals surface area contributed by atoms with Gasteiger partial charge in [-0.2, -0.15) is 0 Å². The van der Waals surface area contributed by atoms with E-state index >= 15 is 0 Å². The van der Waals surface area contributed by atoms with Crippen LogP contribution in [0.3, 0.4) is 0 Å². The van der Waals surface area contributed by atoms with Gasteiger partial charge in [0.2, 0.25) is 0 Å². The van der Waals surface area contributed by atoms with Crippen LogP contribution in [0.2, 0.25) is 5.02 Å². The summed E-state index contributed by atoms with van der Waals surface area (Å²) in [6.07, 6.45) is 0. The normalized spacial score (nSPS) is 10.2. The van der Waals surface area contributed by atoms with Gasteiger partial charge in [0.1, 0.15) is 0 Å². The second-order valence-electron chi connectivity index (χ2n) is 3.59. The summed E-state index contributed by atoms with van der Waals surface area (Å²) in [4.78, 5) is 12.0. The van der Waals surface area contributed by atoms with Gasteiger partial charge >= 0.3 is 0 Å². The Kier molecular flexibility index (Phi) is 4.43. The fourth-order valence-electron chi connectivity index (χ4n) is 1.41. The highest BCUT2D eigenvalue weighted by molar-refractivity contribution is 9.10. The van der Waals surface area contributed by atoms with E-state index < -0.39 is 0 Å². The third-order valence-corrected chi connectivity index (χ3v) is 3.97. The predicted octanol–water partition coefficient (Wildman–Crippen LogP) is 5.12. The second-order valence-corrected chi connectivity index (χ2v) is 5.77. The zero-order valence-electron chi connectivity index (χ0n) is 9.08. The van der Waals surface area contributed by atoms with Crippen LogP contribution in [-0.4, -0.2) is 5.91 Å². The van der Waals surface area contributed by atoms with Gasteiger partial charge in [-0.1, -0.05) is 33.6 Å². The molecule has 0 aliphatic heterocycles. The van der Waals surface area contributed by atoms with Gasteiger partial charge in [0.15, 0.2) is 0 Å². The van der Waals surface area contributed by atoms with Gasteiger partial charge in [-0.05, 0) is 52.3 Å². The van der Waals surface area contributed by atoms with Crippen molar-refractivity contribution in [1.29, 1.82) is 0 Å². The summed E-state index contributed by atoms with van der Waals surface area (Å²) in [6, 6.07) is 12.5. The number of anilines is 1. The lowest BCUT2D eigenvalue weighted by molar-refractivity contribution is 0.102. The molecule has 2 rings (SSSR count). The Bertz CT molecular complexity index is 601. The van der Waals surface area contributed by atoms with Crippen molar-refractivity contribution in [3.63, 3.8) is 0 Å². The highest BCUT2D eigenvalue weighted by Crippen LogP contribution is 2.24. The minimum absolute atomic E-state index is 0.175. The van der Waals surface area contributed by atoms with Crippen LogP contribution in [0.4, 0.5) is 5.69 Å². The van der Waals surface area contributed by atoms with E-state index in [4.69, 9.17) is 11.6 Å². The molecule has 0 aromatic heterocycles. The number of rotatable bonds is 2. The zero-order valence-corrected chi connectivity index (χ0v) is 13.0. The molecule has 18 heavy (non-hydrogen) atoms. The first-order chi connectivity index (χ1) is 8.56. The maximum absolute atomic E-state index is 12.0. The van der Waals surface area contributed by atoms with Crippen LogP contribution in [0.5, 0.6) is 0 Å². The maximum atomic E-state index is 12.0.